The Hall–Kier alpha value is -3.10. The first kappa shape index (κ1) is 20.2. The Balaban J connectivity index is 1.70. The number of carbonyl (C=O) groups is 1. The van der Waals surface area contributed by atoms with Gasteiger partial charge in [0, 0.05) is 27.8 Å². The Morgan fingerprint density at radius 3 is 2.70 bits per heavy atom. The zero-order valence-corrected chi connectivity index (χ0v) is 18.0. The first-order valence-electron chi connectivity index (χ1n) is 9.15. The minimum Gasteiger partial charge on any atom is -0.496 e. The summed E-state index contributed by atoms with van der Waals surface area (Å²) in [6, 6.07) is 15.0. The molecule has 0 spiro atoms. The summed E-state index contributed by atoms with van der Waals surface area (Å²) in [6.45, 7) is 1.52. The van der Waals surface area contributed by atoms with Crippen molar-refractivity contribution in [1.82, 2.24) is 9.66 Å². The first-order chi connectivity index (χ1) is 14.5. The zero-order valence-electron chi connectivity index (χ0n) is 16.4. The third-order valence-corrected chi connectivity index (χ3v) is 6.61. The molecule has 6 nitrogen and oxygen atoms in total. The number of carbonyl (C=O) groups excluding carboxylic acids is 1. The molecule has 8 heteroatoms. The Morgan fingerprint density at radius 1 is 1.23 bits per heavy atom. The number of hydrogen-bond acceptors (Lipinski definition) is 7. The number of fused-ring (bicyclic) bond motifs is 1. The summed E-state index contributed by atoms with van der Waals surface area (Å²) in [5.74, 6) is 7.21. The van der Waals surface area contributed by atoms with E-state index >= 15 is 0 Å². The summed E-state index contributed by atoms with van der Waals surface area (Å²) in [5.41, 5.74) is 2.94. The topological polar surface area (TPSA) is 87.2 Å². The van der Waals surface area contributed by atoms with Gasteiger partial charge >= 0.3 is 0 Å². The van der Waals surface area contributed by atoms with Gasteiger partial charge < -0.3 is 10.6 Å². The molecule has 2 N–H and O–H groups in total. The highest BCUT2D eigenvalue weighted by molar-refractivity contribution is 7.98. The SMILES string of the molecule is COc1ccc(C(C)=O)cc1CSc1nc2scc(-c3ccccc3)c2c(=O)n1N. The molecule has 0 amide bonds. The van der Waals surface area contributed by atoms with Gasteiger partial charge in [0.05, 0.1) is 12.5 Å². The molecule has 2 aromatic heterocycles. The lowest BCUT2D eigenvalue weighted by Crippen LogP contribution is -2.29. The summed E-state index contributed by atoms with van der Waals surface area (Å²) in [5, 5.41) is 2.86. The Bertz CT molecular complexity index is 1300. The molecule has 0 saturated carbocycles. The normalized spacial score (nSPS) is 11.0. The average molecular weight is 438 g/mol. The quantitative estimate of drug-likeness (QED) is 0.209. The molecule has 0 aliphatic heterocycles. The number of nitrogen functional groups attached to an aromatic ring is 1. The molecule has 2 heterocycles. The van der Waals surface area contributed by atoms with Crippen LogP contribution in [-0.4, -0.2) is 22.6 Å². The van der Waals surface area contributed by atoms with Gasteiger partial charge in [-0.25, -0.2) is 9.66 Å². The maximum atomic E-state index is 13.0. The number of benzene rings is 2. The van der Waals surface area contributed by atoms with Crippen molar-refractivity contribution >= 4 is 39.1 Å². The third-order valence-electron chi connectivity index (χ3n) is 4.74. The smallest absolute Gasteiger partial charge is 0.282 e. The van der Waals surface area contributed by atoms with Crippen molar-refractivity contribution in [2.45, 2.75) is 17.8 Å². The van der Waals surface area contributed by atoms with Crippen LogP contribution in [0.2, 0.25) is 0 Å². The van der Waals surface area contributed by atoms with Crippen LogP contribution in [0.4, 0.5) is 0 Å². The number of nitrogens with two attached hydrogens (primary N) is 1. The van der Waals surface area contributed by atoms with Crippen molar-refractivity contribution in [3.8, 4) is 16.9 Å². The monoisotopic (exact) mass is 437 g/mol. The number of hydrogen-bond donors (Lipinski definition) is 1. The van der Waals surface area contributed by atoms with E-state index in [2.05, 4.69) is 4.98 Å². The molecule has 0 bridgehead atoms. The molecular formula is C22H19N3O3S2. The molecule has 0 fully saturated rings. The molecule has 4 rings (SSSR count). The molecule has 152 valence electrons. The number of nitrogens with zero attached hydrogens (tertiary/aromatic N) is 2. The summed E-state index contributed by atoms with van der Waals surface area (Å²) in [6.07, 6.45) is 0. The number of methoxy groups -OCH3 is 1. The van der Waals surface area contributed by atoms with Crippen LogP contribution < -0.4 is 16.1 Å². The lowest BCUT2D eigenvalue weighted by Gasteiger charge is -2.11. The Morgan fingerprint density at radius 2 is 2.00 bits per heavy atom. The van der Waals surface area contributed by atoms with E-state index in [0.717, 1.165) is 21.4 Å². The predicted octanol–water partition coefficient (Wildman–Crippen LogP) is 4.34. The zero-order chi connectivity index (χ0) is 21.3. The fraction of sp³-hybridized carbons (Fsp3) is 0.136. The Labute approximate surface area is 181 Å². The fourth-order valence-corrected chi connectivity index (χ4v) is 5.05. The van der Waals surface area contributed by atoms with Gasteiger partial charge in [-0.3, -0.25) is 9.59 Å². The van der Waals surface area contributed by atoms with Crippen molar-refractivity contribution < 1.29 is 9.53 Å². The van der Waals surface area contributed by atoms with Gasteiger partial charge in [0.2, 0.25) is 0 Å². The molecule has 0 radical (unpaired) electrons. The van der Waals surface area contributed by atoms with Gasteiger partial charge in [-0.15, -0.1) is 11.3 Å². The number of rotatable bonds is 6. The van der Waals surface area contributed by atoms with E-state index in [0.29, 0.717) is 32.4 Å². The highest BCUT2D eigenvalue weighted by Gasteiger charge is 2.17. The van der Waals surface area contributed by atoms with E-state index in [1.165, 1.54) is 30.0 Å². The first-order valence-corrected chi connectivity index (χ1v) is 11.0. The van der Waals surface area contributed by atoms with Gasteiger partial charge in [0.25, 0.3) is 5.56 Å². The second-order valence-corrected chi connectivity index (χ2v) is 8.44. The molecule has 2 aromatic carbocycles. The molecule has 0 unspecified atom stereocenters. The van der Waals surface area contributed by atoms with E-state index in [-0.39, 0.29) is 11.3 Å². The largest absolute Gasteiger partial charge is 0.496 e. The van der Waals surface area contributed by atoms with Crippen LogP contribution >= 0.6 is 23.1 Å². The Kier molecular flexibility index (Phi) is 5.61. The van der Waals surface area contributed by atoms with E-state index < -0.39 is 0 Å². The van der Waals surface area contributed by atoms with Crippen molar-refractivity contribution in [1.29, 1.82) is 0 Å². The van der Waals surface area contributed by atoms with Gasteiger partial charge in [-0.1, -0.05) is 42.1 Å². The van der Waals surface area contributed by atoms with Crippen molar-refractivity contribution in [2.24, 2.45) is 0 Å². The van der Waals surface area contributed by atoms with Crippen LogP contribution in [0.15, 0.2) is 63.9 Å². The van der Waals surface area contributed by atoms with E-state index in [9.17, 15) is 9.59 Å². The predicted molar refractivity (Wildman–Crippen MR) is 122 cm³/mol. The van der Waals surface area contributed by atoms with Gasteiger partial charge in [-0.2, -0.15) is 0 Å². The lowest BCUT2D eigenvalue weighted by molar-refractivity contribution is 0.101. The number of ketones is 1. The summed E-state index contributed by atoms with van der Waals surface area (Å²) < 4.78 is 6.49. The summed E-state index contributed by atoms with van der Waals surface area (Å²) in [7, 11) is 1.58. The standard InChI is InChI=1S/C22H19N3O3S2/c1-13(26)15-8-9-18(28-2)16(10-15)11-30-22-24-20-19(21(27)25(22)23)17(12-29-20)14-6-4-3-5-7-14/h3-10,12H,11,23H2,1-2H3. The minimum absolute atomic E-state index is 0.0220. The van der Waals surface area contributed by atoms with E-state index in [1.54, 1.807) is 25.3 Å². The second kappa shape index (κ2) is 8.33. The van der Waals surface area contributed by atoms with Crippen LogP contribution in [0.3, 0.4) is 0 Å². The van der Waals surface area contributed by atoms with Crippen LogP contribution in [-0.2, 0) is 5.75 Å². The van der Waals surface area contributed by atoms with Gasteiger partial charge in [0.1, 0.15) is 10.6 Å². The average Bonchev–Trinajstić information content (AvgIpc) is 3.19. The van der Waals surface area contributed by atoms with Crippen LogP contribution in [0.1, 0.15) is 22.8 Å². The molecule has 0 aliphatic carbocycles. The molecule has 0 atom stereocenters. The number of ether oxygens (including phenoxy) is 1. The van der Waals surface area contributed by atoms with Gasteiger partial charge in [-0.05, 0) is 30.7 Å². The highest BCUT2D eigenvalue weighted by Crippen LogP contribution is 2.33. The summed E-state index contributed by atoms with van der Waals surface area (Å²) >= 11 is 2.75. The summed E-state index contributed by atoms with van der Waals surface area (Å²) in [4.78, 5) is 30.0. The third kappa shape index (κ3) is 3.71. The number of thioether (sulfide) groups is 1. The van der Waals surface area contributed by atoms with Crippen molar-refractivity contribution in [3.63, 3.8) is 0 Å². The number of aromatic nitrogens is 2. The fourth-order valence-electron chi connectivity index (χ4n) is 3.17. The van der Waals surface area contributed by atoms with Gasteiger partial charge in [0.15, 0.2) is 10.9 Å². The van der Waals surface area contributed by atoms with Crippen molar-refractivity contribution in [3.05, 3.63) is 75.4 Å². The maximum Gasteiger partial charge on any atom is 0.282 e. The highest BCUT2D eigenvalue weighted by atomic mass is 32.2. The molecule has 0 aliphatic rings. The molecule has 4 aromatic rings. The number of thiophene rings is 1. The van der Waals surface area contributed by atoms with Crippen LogP contribution in [0, 0.1) is 0 Å². The van der Waals surface area contributed by atoms with E-state index in [4.69, 9.17) is 10.6 Å². The maximum absolute atomic E-state index is 13.0. The number of Topliss-reactive ketones (excluding diaryl/α,β-unsaturated/α-hetero) is 1. The van der Waals surface area contributed by atoms with E-state index in [1.807, 2.05) is 35.7 Å². The van der Waals surface area contributed by atoms with Crippen molar-refractivity contribution in [2.75, 3.05) is 13.0 Å². The molecule has 30 heavy (non-hydrogen) atoms. The van der Waals surface area contributed by atoms with Crippen LogP contribution in [0.5, 0.6) is 5.75 Å². The molecule has 0 saturated heterocycles. The molecular weight excluding hydrogens is 418 g/mol. The lowest BCUT2D eigenvalue weighted by atomic mass is 10.1. The van der Waals surface area contributed by atoms with Crippen LogP contribution in [0.25, 0.3) is 21.3 Å². The minimum atomic E-state index is -0.285. The second-order valence-electron chi connectivity index (χ2n) is 6.64.